The molecule has 2 aliphatic rings. The molecule has 1 fully saturated rings. The first-order valence-electron chi connectivity index (χ1n) is 14.1. The first kappa shape index (κ1) is 27.9. The quantitative estimate of drug-likeness (QED) is 0.320. The number of methoxy groups -OCH3 is 1. The first-order valence-corrected chi connectivity index (χ1v) is 14.1. The number of nitrogens with zero attached hydrogens (tertiary/aromatic N) is 7. The van der Waals surface area contributed by atoms with Gasteiger partial charge >= 0.3 is 0 Å². The van der Waals surface area contributed by atoms with E-state index in [4.69, 9.17) is 14.6 Å². The number of amides is 1. The largest absolute Gasteiger partial charge is 0.493 e. The second-order valence-corrected chi connectivity index (χ2v) is 10.6. The molecular formula is C30H34FN7O4. The maximum atomic E-state index is 13.5. The standard InChI is InChI=1S/C30H34FN7O4/c1-4-28(40)36-9-7-22(17-36)35-10-8-24-19(2)29(34-37(24)12-11-35)20-13-25(30-26(41-3)15-33-38(30)16-20)42-27(18-39)23-6-5-21(31)14-32-23/h4-6,13-16,22,27,39H,1,7-12,17-18H2,2-3H3/t22?,27-/m1/s1. The molecular weight excluding hydrogens is 541 g/mol. The van der Waals surface area contributed by atoms with Crippen LogP contribution in [0.1, 0.15) is 29.5 Å². The van der Waals surface area contributed by atoms with Crippen LogP contribution in [-0.2, 0) is 17.8 Å². The Morgan fingerprint density at radius 3 is 2.83 bits per heavy atom. The van der Waals surface area contributed by atoms with E-state index in [2.05, 4.69) is 33.2 Å². The molecule has 2 aliphatic heterocycles. The van der Waals surface area contributed by atoms with Crippen LogP contribution in [0.4, 0.5) is 4.39 Å². The average Bonchev–Trinajstić information content (AvgIpc) is 3.70. The van der Waals surface area contributed by atoms with Gasteiger partial charge in [0.1, 0.15) is 5.82 Å². The molecule has 220 valence electrons. The van der Waals surface area contributed by atoms with Crippen molar-refractivity contribution in [1.82, 2.24) is 34.2 Å². The van der Waals surface area contributed by atoms with Crippen molar-refractivity contribution in [3.8, 4) is 22.8 Å². The minimum absolute atomic E-state index is 0.00454. The molecule has 0 aromatic carbocycles. The fourth-order valence-electron chi connectivity index (χ4n) is 6.03. The highest BCUT2D eigenvalue weighted by atomic mass is 19.1. The summed E-state index contributed by atoms with van der Waals surface area (Å²) in [5.74, 6) is 0.470. The highest BCUT2D eigenvalue weighted by Crippen LogP contribution is 2.37. The molecule has 0 radical (unpaired) electrons. The summed E-state index contributed by atoms with van der Waals surface area (Å²) >= 11 is 0. The van der Waals surface area contributed by atoms with Gasteiger partial charge in [-0.3, -0.25) is 19.4 Å². The molecule has 6 heterocycles. The third-order valence-electron chi connectivity index (χ3n) is 8.27. The topological polar surface area (TPSA) is 110 Å². The first-order chi connectivity index (χ1) is 20.4. The van der Waals surface area contributed by atoms with Gasteiger partial charge in [0.2, 0.25) is 5.91 Å². The van der Waals surface area contributed by atoms with E-state index in [9.17, 15) is 14.3 Å². The molecule has 4 aromatic rings. The molecule has 6 rings (SSSR count). The van der Waals surface area contributed by atoms with Gasteiger partial charge in [-0.2, -0.15) is 10.2 Å². The number of aliphatic hydroxyl groups excluding tert-OH is 1. The molecule has 12 heteroatoms. The number of aliphatic hydroxyl groups is 1. The molecule has 2 atom stereocenters. The van der Waals surface area contributed by atoms with Gasteiger partial charge < -0.3 is 19.5 Å². The van der Waals surface area contributed by atoms with Crippen LogP contribution in [0.2, 0.25) is 0 Å². The average molecular weight is 576 g/mol. The number of hydrogen-bond donors (Lipinski definition) is 1. The molecule has 0 bridgehead atoms. The van der Waals surface area contributed by atoms with E-state index in [1.54, 1.807) is 17.8 Å². The predicted octanol–water partition coefficient (Wildman–Crippen LogP) is 2.81. The molecule has 0 saturated carbocycles. The van der Waals surface area contributed by atoms with Crippen LogP contribution in [0, 0.1) is 12.7 Å². The zero-order chi connectivity index (χ0) is 29.4. The van der Waals surface area contributed by atoms with Crippen LogP contribution < -0.4 is 9.47 Å². The van der Waals surface area contributed by atoms with Crippen molar-refractivity contribution in [2.75, 3.05) is 39.9 Å². The summed E-state index contributed by atoms with van der Waals surface area (Å²) in [7, 11) is 1.56. The summed E-state index contributed by atoms with van der Waals surface area (Å²) in [6.45, 7) is 9.31. The third kappa shape index (κ3) is 5.12. The van der Waals surface area contributed by atoms with Gasteiger partial charge in [-0.05, 0) is 43.2 Å². The number of rotatable bonds is 8. The summed E-state index contributed by atoms with van der Waals surface area (Å²) in [4.78, 5) is 20.5. The minimum atomic E-state index is -0.830. The van der Waals surface area contributed by atoms with Crippen molar-refractivity contribution in [2.45, 2.75) is 38.5 Å². The molecule has 42 heavy (non-hydrogen) atoms. The summed E-state index contributed by atoms with van der Waals surface area (Å²) in [6, 6.07) is 4.99. The van der Waals surface area contributed by atoms with Crippen molar-refractivity contribution < 1.29 is 23.8 Å². The van der Waals surface area contributed by atoms with Crippen LogP contribution in [0.5, 0.6) is 11.5 Å². The number of carbonyl (C=O) groups is 1. The van der Waals surface area contributed by atoms with Crippen LogP contribution >= 0.6 is 0 Å². The summed E-state index contributed by atoms with van der Waals surface area (Å²) in [6.07, 6.45) is 6.95. The Kier molecular flexibility index (Phi) is 7.65. The van der Waals surface area contributed by atoms with Gasteiger partial charge in [-0.25, -0.2) is 8.91 Å². The lowest BCUT2D eigenvalue weighted by molar-refractivity contribution is -0.125. The van der Waals surface area contributed by atoms with Crippen LogP contribution in [0.3, 0.4) is 0 Å². The zero-order valence-corrected chi connectivity index (χ0v) is 23.7. The van der Waals surface area contributed by atoms with Crippen molar-refractivity contribution in [1.29, 1.82) is 0 Å². The molecule has 0 aliphatic carbocycles. The molecule has 0 spiro atoms. The number of carbonyl (C=O) groups excluding carboxylic acids is 1. The second kappa shape index (κ2) is 11.5. The van der Waals surface area contributed by atoms with Gasteiger partial charge in [0.25, 0.3) is 0 Å². The number of aromatic nitrogens is 5. The Morgan fingerprint density at radius 1 is 1.24 bits per heavy atom. The van der Waals surface area contributed by atoms with E-state index >= 15 is 0 Å². The number of halogens is 1. The lowest BCUT2D eigenvalue weighted by Gasteiger charge is -2.27. The number of likely N-dealkylation sites (tertiary alicyclic amines) is 1. The monoisotopic (exact) mass is 575 g/mol. The fraction of sp³-hybridized carbons (Fsp3) is 0.400. The maximum absolute atomic E-state index is 13.5. The molecule has 1 N–H and O–H groups in total. The Morgan fingerprint density at radius 2 is 2.10 bits per heavy atom. The predicted molar refractivity (Wildman–Crippen MR) is 153 cm³/mol. The van der Waals surface area contributed by atoms with E-state index in [0.717, 1.165) is 68.6 Å². The number of pyridine rings is 2. The Labute approximate surface area is 242 Å². The van der Waals surface area contributed by atoms with Gasteiger partial charge in [-0.1, -0.05) is 6.58 Å². The molecule has 1 unspecified atom stereocenters. The molecule has 1 amide bonds. The molecule has 1 saturated heterocycles. The van der Waals surface area contributed by atoms with E-state index < -0.39 is 11.9 Å². The van der Waals surface area contributed by atoms with Gasteiger partial charge in [0.05, 0.1) is 44.0 Å². The van der Waals surface area contributed by atoms with E-state index in [1.165, 1.54) is 23.9 Å². The summed E-state index contributed by atoms with van der Waals surface area (Å²) in [5.41, 5.74) is 4.87. The SMILES string of the molecule is C=CC(=O)N1CCC(N2CCc3c(C)c(-c4cc(O[C@H](CO)c5ccc(F)cn5)c5c(OC)cnn5c4)nn3CC2)C1. The second-order valence-electron chi connectivity index (χ2n) is 10.6. The van der Waals surface area contributed by atoms with Gasteiger partial charge in [-0.15, -0.1) is 0 Å². The smallest absolute Gasteiger partial charge is 0.246 e. The van der Waals surface area contributed by atoms with Gasteiger partial charge in [0.15, 0.2) is 23.1 Å². The normalized spacial score (nSPS) is 18.1. The fourth-order valence-corrected chi connectivity index (χ4v) is 6.03. The third-order valence-corrected chi connectivity index (χ3v) is 8.27. The van der Waals surface area contributed by atoms with Crippen molar-refractivity contribution >= 4 is 11.4 Å². The highest BCUT2D eigenvalue weighted by Gasteiger charge is 2.31. The van der Waals surface area contributed by atoms with Crippen LogP contribution in [0.25, 0.3) is 16.8 Å². The number of hydrogen-bond acceptors (Lipinski definition) is 8. The van der Waals surface area contributed by atoms with Crippen LogP contribution in [0.15, 0.2) is 49.4 Å². The van der Waals surface area contributed by atoms with E-state index in [-0.39, 0.29) is 12.5 Å². The summed E-state index contributed by atoms with van der Waals surface area (Å²) in [5, 5.41) is 19.6. The molecule has 4 aromatic heterocycles. The lowest BCUT2D eigenvalue weighted by atomic mass is 10.1. The Hall–Kier alpha value is -4.29. The van der Waals surface area contributed by atoms with Crippen molar-refractivity contribution in [3.05, 3.63) is 72.2 Å². The molecule has 11 nitrogen and oxygen atoms in total. The lowest BCUT2D eigenvalue weighted by Crippen LogP contribution is -2.40. The van der Waals surface area contributed by atoms with Crippen molar-refractivity contribution in [3.63, 3.8) is 0 Å². The van der Waals surface area contributed by atoms with E-state index in [1.807, 2.05) is 17.2 Å². The Bertz CT molecular complexity index is 1620. The maximum Gasteiger partial charge on any atom is 0.246 e. The summed E-state index contributed by atoms with van der Waals surface area (Å²) < 4.78 is 29.1. The van der Waals surface area contributed by atoms with Gasteiger partial charge in [0, 0.05) is 56.1 Å². The minimum Gasteiger partial charge on any atom is -0.493 e. The number of ether oxygens (including phenoxy) is 2. The zero-order valence-electron chi connectivity index (χ0n) is 23.7. The highest BCUT2D eigenvalue weighted by molar-refractivity contribution is 5.87. The van der Waals surface area contributed by atoms with E-state index in [0.29, 0.717) is 28.8 Å². The Balaban J connectivity index is 1.28. The number of fused-ring (bicyclic) bond motifs is 2. The van der Waals surface area contributed by atoms with Crippen LogP contribution in [-0.4, -0.2) is 91.1 Å². The van der Waals surface area contributed by atoms with Crippen molar-refractivity contribution in [2.24, 2.45) is 0 Å².